The van der Waals surface area contributed by atoms with Crippen molar-refractivity contribution >= 4 is 0 Å². The topological polar surface area (TPSA) is 52.5 Å². The number of rotatable bonds is 0. The number of nitrogens with one attached hydrogen (secondary N) is 1. The van der Waals surface area contributed by atoms with Crippen molar-refractivity contribution in [3.63, 3.8) is 0 Å². The van der Waals surface area contributed by atoms with Crippen LogP contribution in [0.1, 0.15) is 14.2 Å². The first-order chi connectivity index (χ1) is 6.09. The van der Waals surface area contributed by atoms with E-state index in [1.807, 2.05) is 0 Å². The summed E-state index contributed by atoms with van der Waals surface area (Å²) in [5, 5.41) is 22.0. The maximum atomic E-state index is 9.48. The summed E-state index contributed by atoms with van der Waals surface area (Å²) in [4.78, 5) is 0. The van der Waals surface area contributed by atoms with Crippen LogP contribution in [0.5, 0.6) is 0 Å². The van der Waals surface area contributed by atoms with Crippen molar-refractivity contribution in [1.82, 2.24) is 5.32 Å². The highest BCUT2D eigenvalue weighted by atomic mass is 16.3. The van der Waals surface area contributed by atoms with Gasteiger partial charge in [-0.05, 0) is 24.6 Å². The summed E-state index contributed by atoms with van der Waals surface area (Å²) in [5.74, 6) is -0.241. The second kappa shape index (κ2) is 2.92. The molecule has 1 heterocycles. The van der Waals surface area contributed by atoms with E-state index in [0.717, 1.165) is 30.7 Å². The standard InChI is InChI=1S/C9H13NO2/c11-8-3-6-1-2-10-5-7(6)4-9(8)12/h4,8,10-12H,1-3,5H2/i8D. The average Bonchev–Trinajstić information content (AvgIpc) is 2.06. The molecular weight excluding hydrogens is 154 g/mol. The van der Waals surface area contributed by atoms with E-state index in [4.69, 9.17) is 1.37 Å². The maximum absolute atomic E-state index is 9.48. The van der Waals surface area contributed by atoms with Gasteiger partial charge in [0, 0.05) is 13.0 Å². The van der Waals surface area contributed by atoms with E-state index in [9.17, 15) is 10.2 Å². The predicted octanol–water partition coefficient (Wildman–Crippen LogP) is 0.483. The summed E-state index contributed by atoms with van der Waals surface area (Å²) < 4.78 is 7.44. The summed E-state index contributed by atoms with van der Waals surface area (Å²) in [7, 11) is 0. The van der Waals surface area contributed by atoms with Crippen LogP contribution in [0, 0.1) is 0 Å². The fourth-order valence-electron chi connectivity index (χ4n) is 1.64. The van der Waals surface area contributed by atoms with E-state index in [2.05, 4.69) is 5.32 Å². The van der Waals surface area contributed by atoms with Gasteiger partial charge in [-0.25, -0.2) is 0 Å². The van der Waals surface area contributed by atoms with E-state index in [1.165, 1.54) is 6.08 Å². The normalized spacial score (nSPS) is 37.1. The summed E-state index contributed by atoms with van der Waals surface area (Å²) in [6.07, 6.45) is 0.820. The van der Waals surface area contributed by atoms with Crippen LogP contribution in [0.15, 0.2) is 23.0 Å². The van der Waals surface area contributed by atoms with E-state index in [0.29, 0.717) is 0 Å². The predicted molar refractivity (Wildman–Crippen MR) is 45.8 cm³/mol. The fourth-order valence-corrected chi connectivity index (χ4v) is 1.64. The Bertz CT molecular complexity index is 294. The quantitative estimate of drug-likeness (QED) is 0.493. The average molecular weight is 168 g/mol. The lowest BCUT2D eigenvalue weighted by atomic mass is 9.90. The van der Waals surface area contributed by atoms with Gasteiger partial charge in [0.1, 0.15) is 11.8 Å². The molecule has 1 atom stereocenters. The Morgan fingerprint density at radius 3 is 3.33 bits per heavy atom. The number of aliphatic hydroxyl groups is 2. The third kappa shape index (κ3) is 1.26. The molecule has 66 valence electrons. The van der Waals surface area contributed by atoms with E-state index < -0.39 is 6.08 Å². The van der Waals surface area contributed by atoms with Crippen LogP contribution in [0.4, 0.5) is 0 Å². The van der Waals surface area contributed by atoms with Crippen LogP contribution >= 0.6 is 0 Å². The minimum absolute atomic E-state index is 0.241. The van der Waals surface area contributed by atoms with Crippen LogP contribution in [-0.4, -0.2) is 29.4 Å². The molecule has 1 unspecified atom stereocenters. The van der Waals surface area contributed by atoms with Crippen LogP contribution < -0.4 is 5.32 Å². The van der Waals surface area contributed by atoms with Gasteiger partial charge in [0.15, 0.2) is 0 Å². The monoisotopic (exact) mass is 168 g/mol. The van der Waals surface area contributed by atoms with Gasteiger partial charge in [-0.1, -0.05) is 5.57 Å². The fraction of sp³-hybridized carbons (Fsp3) is 0.556. The van der Waals surface area contributed by atoms with Crippen LogP contribution in [-0.2, 0) is 0 Å². The molecule has 1 aliphatic carbocycles. The van der Waals surface area contributed by atoms with E-state index >= 15 is 0 Å². The summed E-state index contributed by atoms with van der Waals surface area (Å²) in [6.45, 7) is 1.62. The summed E-state index contributed by atoms with van der Waals surface area (Å²) >= 11 is 0. The molecule has 3 N–H and O–H groups in total. The Labute approximate surface area is 72.8 Å². The molecule has 0 aromatic rings. The van der Waals surface area contributed by atoms with Crippen molar-refractivity contribution in [2.45, 2.75) is 18.9 Å². The molecule has 3 heteroatoms. The zero-order valence-electron chi connectivity index (χ0n) is 7.80. The lowest BCUT2D eigenvalue weighted by molar-refractivity contribution is 0.148. The van der Waals surface area contributed by atoms with Gasteiger partial charge in [-0.3, -0.25) is 0 Å². The van der Waals surface area contributed by atoms with Crippen molar-refractivity contribution in [3.05, 3.63) is 23.0 Å². The molecule has 0 saturated carbocycles. The van der Waals surface area contributed by atoms with Gasteiger partial charge >= 0.3 is 0 Å². The molecule has 2 rings (SSSR count). The van der Waals surface area contributed by atoms with Gasteiger partial charge in [0.25, 0.3) is 0 Å². The first kappa shape index (κ1) is 6.69. The Balaban J connectivity index is 2.32. The molecule has 0 saturated heterocycles. The Morgan fingerprint density at radius 2 is 2.50 bits per heavy atom. The van der Waals surface area contributed by atoms with Gasteiger partial charge in [0.05, 0.1) is 1.37 Å². The third-order valence-corrected chi connectivity index (χ3v) is 2.36. The van der Waals surface area contributed by atoms with Gasteiger partial charge < -0.3 is 15.5 Å². The highest BCUT2D eigenvalue weighted by Gasteiger charge is 2.22. The molecule has 0 amide bonds. The molecule has 0 fully saturated rings. The molecule has 3 nitrogen and oxygen atoms in total. The van der Waals surface area contributed by atoms with Gasteiger partial charge in [-0.15, -0.1) is 0 Å². The first-order valence-corrected chi connectivity index (χ1v) is 4.15. The van der Waals surface area contributed by atoms with Crippen LogP contribution in [0.25, 0.3) is 0 Å². The smallest absolute Gasteiger partial charge is 0.121 e. The lowest BCUT2D eigenvalue weighted by Gasteiger charge is -2.25. The van der Waals surface area contributed by atoms with E-state index in [1.54, 1.807) is 0 Å². The molecule has 12 heavy (non-hydrogen) atoms. The highest BCUT2D eigenvalue weighted by molar-refractivity contribution is 5.36. The largest absolute Gasteiger partial charge is 0.510 e. The Morgan fingerprint density at radius 1 is 1.67 bits per heavy atom. The zero-order valence-corrected chi connectivity index (χ0v) is 6.80. The summed E-state index contributed by atoms with van der Waals surface area (Å²) in [6, 6.07) is 0. The van der Waals surface area contributed by atoms with Crippen molar-refractivity contribution in [3.8, 4) is 0 Å². The minimum atomic E-state index is -1.80. The number of hydrogen-bond donors (Lipinski definition) is 3. The lowest BCUT2D eigenvalue weighted by Crippen LogP contribution is -2.29. The van der Waals surface area contributed by atoms with Gasteiger partial charge in [-0.2, -0.15) is 0 Å². The van der Waals surface area contributed by atoms with Crippen LogP contribution in [0.2, 0.25) is 0 Å². The minimum Gasteiger partial charge on any atom is -0.510 e. The Hall–Kier alpha value is -0.800. The molecule has 2 aliphatic rings. The molecule has 0 aromatic heterocycles. The second-order valence-electron chi connectivity index (χ2n) is 3.21. The third-order valence-electron chi connectivity index (χ3n) is 2.36. The highest BCUT2D eigenvalue weighted by Crippen LogP contribution is 2.26. The number of aliphatic hydroxyl groups excluding tert-OH is 1. The Kier molecular flexibility index (Phi) is 1.63. The first-order valence-electron chi connectivity index (χ1n) is 4.65. The van der Waals surface area contributed by atoms with Gasteiger partial charge in [0.2, 0.25) is 0 Å². The zero-order chi connectivity index (χ0) is 9.47. The maximum Gasteiger partial charge on any atom is 0.121 e. The van der Waals surface area contributed by atoms with E-state index in [-0.39, 0.29) is 12.2 Å². The SMILES string of the molecule is [2H]C1(O)CC2=C(C=C1O)CNCC2. The molecule has 0 radical (unpaired) electrons. The molecular formula is C9H13NO2. The molecule has 0 bridgehead atoms. The molecule has 1 aliphatic heterocycles. The number of hydrogen-bond acceptors (Lipinski definition) is 3. The molecule has 0 aromatic carbocycles. The van der Waals surface area contributed by atoms with Crippen molar-refractivity contribution in [2.75, 3.05) is 13.1 Å². The van der Waals surface area contributed by atoms with Crippen molar-refractivity contribution in [1.29, 1.82) is 0 Å². The van der Waals surface area contributed by atoms with Crippen LogP contribution in [0.3, 0.4) is 0 Å². The second-order valence-corrected chi connectivity index (χ2v) is 3.21. The molecule has 0 spiro atoms. The van der Waals surface area contributed by atoms with Crippen molar-refractivity contribution in [2.24, 2.45) is 0 Å². The van der Waals surface area contributed by atoms with Crippen molar-refractivity contribution < 1.29 is 11.6 Å². The summed E-state index contributed by atoms with van der Waals surface area (Å²) in [5.41, 5.74) is 2.12.